The van der Waals surface area contributed by atoms with Crippen LogP contribution in [0.25, 0.3) is 0 Å². The van der Waals surface area contributed by atoms with Crippen LogP contribution in [0, 0.1) is 6.92 Å². The number of carboxylic acids is 1. The number of nitrogens with zero attached hydrogens (tertiary/aromatic N) is 1. The second-order valence-corrected chi connectivity index (χ2v) is 3.82. The van der Waals surface area contributed by atoms with E-state index in [2.05, 4.69) is 22.5 Å². The van der Waals surface area contributed by atoms with Crippen LogP contribution >= 0.6 is 0 Å². The molecule has 3 N–H and O–H groups in total. The third-order valence-corrected chi connectivity index (χ3v) is 2.29. The van der Waals surface area contributed by atoms with Crippen molar-refractivity contribution in [2.75, 3.05) is 25.0 Å². The SMILES string of the molecule is CCNCCCNc1cc(C(=O)O)cc(C)n1. The summed E-state index contributed by atoms with van der Waals surface area (Å²) >= 11 is 0. The average molecular weight is 237 g/mol. The van der Waals surface area contributed by atoms with E-state index < -0.39 is 5.97 Å². The zero-order valence-electron chi connectivity index (χ0n) is 10.3. The minimum atomic E-state index is -0.925. The second kappa shape index (κ2) is 6.85. The number of hydrogen-bond acceptors (Lipinski definition) is 4. The largest absolute Gasteiger partial charge is 0.478 e. The molecule has 1 rings (SSSR count). The molecule has 5 nitrogen and oxygen atoms in total. The maximum absolute atomic E-state index is 10.9. The molecule has 0 atom stereocenters. The Hall–Kier alpha value is -1.62. The molecule has 17 heavy (non-hydrogen) atoms. The molecule has 1 aromatic rings. The second-order valence-electron chi connectivity index (χ2n) is 3.82. The Morgan fingerprint density at radius 1 is 1.41 bits per heavy atom. The van der Waals surface area contributed by atoms with Gasteiger partial charge in [0.2, 0.25) is 0 Å². The molecule has 0 aliphatic carbocycles. The van der Waals surface area contributed by atoms with Crippen LogP contribution in [0.15, 0.2) is 12.1 Å². The molecule has 0 radical (unpaired) electrons. The fourth-order valence-corrected chi connectivity index (χ4v) is 1.49. The van der Waals surface area contributed by atoms with Gasteiger partial charge in [0.1, 0.15) is 5.82 Å². The van der Waals surface area contributed by atoms with Gasteiger partial charge >= 0.3 is 5.97 Å². The highest BCUT2D eigenvalue weighted by Gasteiger charge is 2.05. The van der Waals surface area contributed by atoms with Crippen molar-refractivity contribution in [2.45, 2.75) is 20.3 Å². The van der Waals surface area contributed by atoms with Crippen LogP contribution in [-0.4, -0.2) is 35.7 Å². The molecule has 0 saturated carbocycles. The number of carbonyl (C=O) groups is 1. The van der Waals surface area contributed by atoms with Crippen molar-refractivity contribution in [3.8, 4) is 0 Å². The van der Waals surface area contributed by atoms with Crippen molar-refractivity contribution in [1.29, 1.82) is 0 Å². The number of aryl methyl sites for hydroxylation is 1. The van der Waals surface area contributed by atoms with Crippen molar-refractivity contribution in [3.05, 3.63) is 23.4 Å². The molecule has 5 heteroatoms. The molecule has 0 saturated heterocycles. The number of rotatable bonds is 7. The summed E-state index contributed by atoms with van der Waals surface area (Å²) in [6.07, 6.45) is 0.978. The van der Waals surface area contributed by atoms with Gasteiger partial charge < -0.3 is 15.7 Å². The van der Waals surface area contributed by atoms with Gasteiger partial charge in [0.15, 0.2) is 0 Å². The molecule has 0 amide bonds. The number of carboxylic acid groups (broad SMARTS) is 1. The normalized spacial score (nSPS) is 10.2. The van der Waals surface area contributed by atoms with Gasteiger partial charge in [-0.05, 0) is 38.6 Å². The summed E-state index contributed by atoms with van der Waals surface area (Å²) < 4.78 is 0. The van der Waals surface area contributed by atoms with Crippen LogP contribution in [0.4, 0.5) is 5.82 Å². The first kappa shape index (κ1) is 13.4. The van der Waals surface area contributed by atoms with E-state index in [-0.39, 0.29) is 5.56 Å². The van der Waals surface area contributed by atoms with Crippen molar-refractivity contribution in [1.82, 2.24) is 10.3 Å². The summed E-state index contributed by atoms with van der Waals surface area (Å²) in [4.78, 5) is 15.1. The van der Waals surface area contributed by atoms with Crippen LogP contribution in [0.3, 0.4) is 0 Å². The maximum atomic E-state index is 10.9. The van der Waals surface area contributed by atoms with Crippen LogP contribution in [0.2, 0.25) is 0 Å². The summed E-state index contributed by atoms with van der Waals surface area (Å²) in [5, 5.41) is 15.3. The smallest absolute Gasteiger partial charge is 0.335 e. The van der Waals surface area contributed by atoms with Gasteiger partial charge in [-0.2, -0.15) is 0 Å². The van der Waals surface area contributed by atoms with Crippen molar-refractivity contribution < 1.29 is 9.90 Å². The van der Waals surface area contributed by atoms with Crippen LogP contribution < -0.4 is 10.6 Å². The van der Waals surface area contributed by atoms with E-state index in [9.17, 15) is 4.79 Å². The Kier molecular flexibility index (Phi) is 5.42. The lowest BCUT2D eigenvalue weighted by molar-refractivity contribution is 0.0696. The van der Waals surface area contributed by atoms with Gasteiger partial charge in [-0.15, -0.1) is 0 Å². The summed E-state index contributed by atoms with van der Waals surface area (Å²) in [5.41, 5.74) is 0.978. The summed E-state index contributed by atoms with van der Waals surface area (Å²) in [6, 6.07) is 3.12. The van der Waals surface area contributed by atoms with Crippen molar-refractivity contribution in [3.63, 3.8) is 0 Å². The maximum Gasteiger partial charge on any atom is 0.335 e. The van der Waals surface area contributed by atoms with Crippen LogP contribution in [0.1, 0.15) is 29.4 Å². The number of aromatic nitrogens is 1. The standard InChI is InChI=1S/C12H19N3O2/c1-3-13-5-4-6-14-11-8-10(12(16)17)7-9(2)15-11/h7-8,13H,3-6H2,1-2H3,(H,14,15)(H,16,17). The number of aromatic carboxylic acids is 1. The highest BCUT2D eigenvalue weighted by molar-refractivity contribution is 5.88. The minimum Gasteiger partial charge on any atom is -0.478 e. The third kappa shape index (κ3) is 4.82. The first-order valence-corrected chi connectivity index (χ1v) is 5.80. The average Bonchev–Trinajstić information content (AvgIpc) is 2.28. The Morgan fingerprint density at radius 2 is 2.18 bits per heavy atom. The molecule has 0 spiro atoms. The topological polar surface area (TPSA) is 74.2 Å². The van der Waals surface area contributed by atoms with E-state index >= 15 is 0 Å². The predicted octanol–water partition coefficient (Wildman–Crippen LogP) is 1.50. The van der Waals surface area contributed by atoms with Crippen LogP contribution in [0.5, 0.6) is 0 Å². The van der Waals surface area contributed by atoms with Crippen LogP contribution in [-0.2, 0) is 0 Å². The highest BCUT2D eigenvalue weighted by atomic mass is 16.4. The number of hydrogen-bond donors (Lipinski definition) is 3. The van der Waals surface area contributed by atoms with E-state index in [1.54, 1.807) is 19.1 Å². The minimum absolute atomic E-state index is 0.270. The zero-order valence-corrected chi connectivity index (χ0v) is 10.3. The van der Waals surface area contributed by atoms with E-state index in [1.165, 1.54) is 0 Å². The Morgan fingerprint density at radius 3 is 2.82 bits per heavy atom. The first-order valence-electron chi connectivity index (χ1n) is 5.80. The summed E-state index contributed by atoms with van der Waals surface area (Å²) in [7, 11) is 0. The lowest BCUT2D eigenvalue weighted by atomic mass is 10.2. The molecule has 94 valence electrons. The van der Waals surface area contributed by atoms with Crippen molar-refractivity contribution >= 4 is 11.8 Å². The Balaban J connectivity index is 2.50. The van der Waals surface area contributed by atoms with Gasteiger partial charge in [0, 0.05) is 12.2 Å². The van der Waals surface area contributed by atoms with Gasteiger partial charge in [-0.1, -0.05) is 6.92 Å². The summed E-state index contributed by atoms with van der Waals surface area (Å²) in [6.45, 7) is 6.54. The van der Waals surface area contributed by atoms with E-state index in [1.807, 2.05) is 0 Å². The molecule has 0 bridgehead atoms. The fourth-order valence-electron chi connectivity index (χ4n) is 1.49. The molecule has 1 heterocycles. The molecule has 1 aromatic heterocycles. The van der Waals surface area contributed by atoms with E-state index in [0.29, 0.717) is 11.5 Å². The Bertz CT molecular complexity index is 380. The summed E-state index contributed by atoms with van der Waals surface area (Å²) in [5.74, 6) is -0.301. The molecular formula is C12H19N3O2. The first-order chi connectivity index (χ1) is 8.13. The predicted molar refractivity (Wildman–Crippen MR) is 67.6 cm³/mol. The third-order valence-electron chi connectivity index (χ3n) is 2.29. The fraction of sp³-hybridized carbons (Fsp3) is 0.500. The van der Waals surface area contributed by atoms with Gasteiger partial charge in [-0.25, -0.2) is 9.78 Å². The highest BCUT2D eigenvalue weighted by Crippen LogP contribution is 2.10. The Labute approximate surface area is 101 Å². The zero-order chi connectivity index (χ0) is 12.7. The molecule has 0 aliphatic heterocycles. The van der Waals surface area contributed by atoms with Gasteiger partial charge in [0.25, 0.3) is 0 Å². The number of nitrogens with one attached hydrogen (secondary N) is 2. The van der Waals surface area contributed by atoms with E-state index in [0.717, 1.165) is 26.1 Å². The lowest BCUT2D eigenvalue weighted by Crippen LogP contribution is -2.17. The van der Waals surface area contributed by atoms with Gasteiger partial charge in [0.05, 0.1) is 5.56 Å². The molecular weight excluding hydrogens is 218 g/mol. The lowest BCUT2D eigenvalue weighted by Gasteiger charge is -2.07. The molecule has 0 aromatic carbocycles. The van der Waals surface area contributed by atoms with Crippen molar-refractivity contribution in [2.24, 2.45) is 0 Å². The molecule has 0 unspecified atom stereocenters. The van der Waals surface area contributed by atoms with E-state index in [4.69, 9.17) is 5.11 Å². The number of pyridine rings is 1. The molecule has 0 fully saturated rings. The number of anilines is 1. The molecule has 0 aliphatic rings. The quantitative estimate of drug-likeness (QED) is 0.627. The van der Waals surface area contributed by atoms with Gasteiger partial charge in [-0.3, -0.25) is 0 Å². The monoisotopic (exact) mass is 237 g/mol.